The third-order valence-corrected chi connectivity index (χ3v) is 6.08. The number of nitrogens with zero attached hydrogens (tertiary/aromatic N) is 7. The third kappa shape index (κ3) is 4.53. The molecule has 3 fully saturated rings. The largest absolute Gasteiger partial charge is 0.378 e. The van der Waals surface area contributed by atoms with Crippen molar-refractivity contribution in [2.45, 2.75) is 25.3 Å². The number of anilines is 2. The van der Waals surface area contributed by atoms with Gasteiger partial charge in [0.25, 0.3) is 5.56 Å². The van der Waals surface area contributed by atoms with Crippen molar-refractivity contribution in [3.8, 4) is 0 Å². The van der Waals surface area contributed by atoms with Gasteiger partial charge in [-0.1, -0.05) is 0 Å². The molecular weight excluding hydrogens is 398 g/mol. The van der Waals surface area contributed by atoms with Crippen molar-refractivity contribution in [3.05, 3.63) is 40.7 Å². The number of carbonyl (C=O) groups is 1. The van der Waals surface area contributed by atoms with Gasteiger partial charge < -0.3 is 19.4 Å². The molecule has 5 rings (SSSR count). The summed E-state index contributed by atoms with van der Waals surface area (Å²) in [5.74, 6) is 1.97. The first-order chi connectivity index (χ1) is 15.2. The predicted octanol–water partition coefficient (Wildman–Crippen LogP) is 0.0961. The molecule has 10 nitrogen and oxygen atoms in total. The number of amides is 1. The molecule has 2 aliphatic heterocycles. The summed E-state index contributed by atoms with van der Waals surface area (Å²) in [6.45, 7) is 5.58. The Morgan fingerprint density at radius 2 is 1.81 bits per heavy atom. The third-order valence-electron chi connectivity index (χ3n) is 6.08. The van der Waals surface area contributed by atoms with Crippen molar-refractivity contribution in [2.75, 3.05) is 62.3 Å². The average Bonchev–Trinajstić information content (AvgIpc) is 3.67. The van der Waals surface area contributed by atoms with Gasteiger partial charge in [0.15, 0.2) is 0 Å². The summed E-state index contributed by atoms with van der Waals surface area (Å²) in [4.78, 5) is 44.6. The Bertz CT molecular complexity index is 992. The van der Waals surface area contributed by atoms with Crippen molar-refractivity contribution >= 4 is 17.7 Å². The summed E-state index contributed by atoms with van der Waals surface area (Å²) in [6, 6.07) is 3.48. The number of carbonyl (C=O) groups excluding carboxylic acids is 1. The van der Waals surface area contributed by atoms with E-state index in [0.29, 0.717) is 45.3 Å². The number of ether oxygens (including phenoxy) is 1. The first-order valence-electron chi connectivity index (χ1n) is 10.9. The monoisotopic (exact) mass is 425 g/mol. The zero-order chi connectivity index (χ0) is 21.2. The molecule has 0 bridgehead atoms. The molecule has 0 spiro atoms. The van der Waals surface area contributed by atoms with Gasteiger partial charge in [-0.25, -0.2) is 9.97 Å². The van der Waals surface area contributed by atoms with Crippen molar-refractivity contribution < 1.29 is 9.53 Å². The van der Waals surface area contributed by atoms with E-state index >= 15 is 0 Å². The average molecular weight is 425 g/mol. The zero-order valence-corrected chi connectivity index (χ0v) is 17.5. The number of hydrogen-bond donors (Lipinski definition) is 0. The fourth-order valence-corrected chi connectivity index (χ4v) is 4.02. The lowest BCUT2D eigenvalue weighted by Crippen LogP contribution is -2.50. The van der Waals surface area contributed by atoms with Crippen LogP contribution in [0.5, 0.6) is 0 Å². The van der Waals surface area contributed by atoms with Gasteiger partial charge in [0.2, 0.25) is 11.9 Å². The summed E-state index contributed by atoms with van der Waals surface area (Å²) in [7, 11) is 0. The molecule has 2 aromatic rings. The Morgan fingerprint density at radius 3 is 2.52 bits per heavy atom. The lowest BCUT2D eigenvalue weighted by molar-refractivity contribution is -0.132. The molecule has 2 saturated heterocycles. The van der Waals surface area contributed by atoms with Crippen LogP contribution in [0.25, 0.3) is 0 Å². The summed E-state index contributed by atoms with van der Waals surface area (Å²) in [5, 5.41) is 0. The topological polar surface area (TPSA) is 96.7 Å². The molecule has 1 amide bonds. The summed E-state index contributed by atoms with van der Waals surface area (Å²) in [6.07, 6.45) is 5.49. The Morgan fingerprint density at radius 1 is 1.03 bits per heavy atom. The van der Waals surface area contributed by atoms with Crippen LogP contribution in [0.4, 0.5) is 11.8 Å². The van der Waals surface area contributed by atoms with E-state index in [9.17, 15) is 9.59 Å². The molecule has 1 saturated carbocycles. The molecule has 0 N–H and O–H groups in total. The van der Waals surface area contributed by atoms with Crippen molar-refractivity contribution in [2.24, 2.45) is 0 Å². The molecule has 0 radical (unpaired) electrons. The molecule has 4 heterocycles. The molecule has 31 heavy (non-hydrogen) atoms. The minimum atomic E-state index is -0.152. The van der Waals surface area contributed by atoms with E-state index in [4.69, 9.17) is 9.72 Å². The van der Waals surface area contributed by atoms with Crippen LogP contribution >= 0.6 is 0 Å². The fourth-order valence-electron chi connectivity index (χ4n) is 4.02. The highest BCUT2D eigenvalue weighted by Crippen LogP contribution is 2.38. The van der Waals surface area contributed by atoms with Gasteiger partial charge in [0.1, 0.15) is 12.4 Å². The van der Waals surface area contributed by atoms with E-state index < -0.39 is 0 Å². The van der Waals surface area contributed by atoms with Crippen LogP contribution in [-0.2, 0) is 16.1 Å². The molecule has 0 unspecified atom stereocenters. The minimum absolute atomic E-state index is 0.0332. The van der Waals surface area contributed by atoms with E-state index in [1.54, 1.807) is 12.3 Å². The lowest BCUT2D eigenvalue weighted by Gasteiger charge is -2.36. The van der Waals surface area contributed by atoms with E-state index in [1.807, 2.05) is 11.0 Å². The maximum absolute atomic E-state index is 12.7. The number of rotatable bonds is 5. The number of hydrogen-bond acceptors (Lipinski definition) is 8. The molecule has 10 heteroatoms. The van der Waals surface area contributed by atoms with Gasteiger partial charge in [-0.3, -0.25) is 14.2 Å². The van der Waals surface area contributed by atoms with Crippen LogP contribution in [0.1, 0.15) is 24.5 Å². The van der Waals surface area contributed by atoms with E-state index in [2.05, 4.69) is 19.8 Å². The first-order valence-corrected chi connectivity index (χ1v) is 10.9. The SMILES string of the molecule is O=C(Cn1cnc(C2CC2)cc1=O)N1CCN(c2ccnc(N3CCOCC3)n2)CC1. The molecule has 1 aliphatic carbocycles. The Balaban J connectivity index is 1.17. The van der Waals surface area contributed by atoms with Crippen LogP contribution < -0.4 is 15.4 Å². The standard InChI is InChI=1S/C21H27N7O3/c29-19-13-17(16-1-2-16)23-15-28(19)14-20(30)26-7-5-25(6-8-26)18-3-4-22-21(24-18)27-9-11-31-12-10-27/h3-4,13,15-16H,1-2,5-12,14H2. The molecule has 0 aromatic carbocycles. The molecular formula is C21H27N7O3. The van der Waals surface area contributed by atoms with E-state index in [-0.39, 0.29) is 18.0 Å². The number of aromatic nitrogens is 4. The van der Waals surface area contributed by atoms with Crippen molar-refractivity contribution in [3.63, 3.8) is 0 Å². The maximum Gasteiger partial charge on any atom is 0.254 e. The Labute approximate surface area is 180 Å². The quantitative estimate of drug-likeness (QED) is 0.665. The lowest BCUT2D eigenvalue weighted by atomic mass is 10.3. The second-order valence-electron chi connectivity index (χ2n) is 8.24. The minimum Gasteiger partial charge on any atom is -0.378 e. The highest BCUT2D eigenvalue weighted by atomic mass is 16.5. The smallest absolute Gasteiger partial charge is 0.254 e. The zero-order valence-electron chi connectivity index (χ0n) is 17.5. The molecule has 2 aromatic heterocycles. The molecule has 164 valence electrons. The van der Waals surface area contributed by atoms with Crippen molar-refractivity contribution in [1.82, 2.24) is 24.4 Å². The Kier molecular flexibility index (Phi) is 5.54. The second kappa shape index (κ2) is 8.62. The highest BCUT2D eigenvalue weighted by molar-refractivity contribution is 5.76. The van der Waals surface area contributed by atoms with Crippen LogP contribution in [0.3, 0.4) is 0 Å². The van der Waals surface area contributed by atoms with Crippen molar-refractivity contribution in [1.29, 1.82) is 0 Å². The van der Waals surface area contributed by atoms with E-state index in [1.165, 1.54) is 10.9 Å². The van der Waals surface area contributed by atoms with Gasteiger partial charge in [-0.15, -0.1) is 0 Å². The second-order valence-corrected chi connectivity index (χ2v) is 8.24. The van der Waals surface area contributed by atoms with Crippen LogP contribution in [-0.4, -0.2) is 82.8 Å². The van der Waals surface area contributed by atoms with Crippen LogP contribution in [0, 0.1) is 0 Å². The van der Waals surface area contributed by atoms with Crippen LogP contribution in [0.15, 0.2) is 29.5 Å². The van der Waals surface area contributed by atoms with Crippen LogP contribution in [0.2, 0.25) is 0 Å². The molecule has 3 aliphatic rings. The van der Waals surface area contributed by atoms with Gasteiger partial charge in [0, 0.05) is 57.4 Å². The number of morpholine rings is 1. The van der Waals surface area contributed by atoms with E-state index in [0.717, 1.165) is 43.4 Å². The summed E-state index contributed by atoms with van der Waals surface area (Å²) < 4.78 is 6.80. The first kappa shape index (κ1) is 19.9. The summed E-state index contributed by atoms with van der Waals surface area (Å²) in [5.41, 5.74) is 0.698. The maximum atomic E-state index is 12.7. The predicted molar refractivity (Wildman–Crippen MR) is 114 cm³/mol. The number of piperazine rings is 1. The Hall–Kier alpha value is -3.01. The van der Waals surface area contributed by atoms with Gasteiger partial charge in [-0.05, 0) is 18.9 Å². The normalized spacial score (nSPS) is 19.5. The fraction of sp³-hybridized carbons (Fsp3) is 0.571. The van der Waals surface area contributed by atoms with Gasteiger partial charge >= 0.3 is 0 Å². The van der Waals surface area contributed by atoms with Gasteiger partial charge in [0.05, 0.1) is 25.2 Å². The van der Waals surface area contributed by atoms with Gasteiger partial charge in [-0.2, -0.15) is 4.98 Å². The highest BCUT2D eigenvalue weighted by Gasteiger charge is 2.26. The summed E-state index contributed by atoms with van der Waals surface area (Å²) >= 11 is 0. The molecule has 0 atom stereocenters.